The molecule has 0 fully saturated rings. The first kappa shape index (κ1) is 13.3. The molecule has 0 aliphatic rings. The molecule has 0 aliphatic carbocycles. The third-order valence-electron chi connectivity index (χ3n) is 2.98. The van der Waals surface area contributed by atoms with Crippen molar-refractivity contribution >= 4 is 38.4 Å². The van der Waals surface area contributed by atoms with Crippen molar-refractivity contribution in [1.29, 1.82) is 0 Å². The number of hydrogen-bond donors (Lipinski definition) is 0. The van der Waals surface area contributed by atoms with Crippen LogP contribution in [-0.2, 0) is 0 Å². The molecular formula is C15H10BrClN2O. The van der Waals surface area contributed by atoms with E-state index >= 15 is 0 Å². The van der Waals surface area contributed by atoms with Gasteiger partial charge in [0, 0.05) is 15.4 Å². The average Bonchev–Trinajstić information content (AvgIpc) is 2.48. The third kappa shape index (κ3) is 2.37. The number of benzene rings is 2. The molecule has 5 heteroatoms. The van der Waals surface area contributed by atoms with Crippen LogP contribution in [0.2, 0.25) is 5.15 Å². The summed E-state index contributed by atoms with van der Waals surface area (Å²) < 4.78 is 6.04. The maximum Gasteiger partial charge on any atom is 0.161 e. The minimum Gasteiger partial charge on any atom is -0.497 e. The standard InChI is InChI=1S/C15H10BrClN2O/c1-20-10-7-5-9(6-8-10)15-18-13-11(14(17)19-15)3-2-4-12(13)16/h2-8H,1H3. The van der Waals surface area contributed by atoms with Crippen molar-refractivity contribution < 1.29 is 4.74 Å². The fourth-order valence-electron chi connectivity index (χ4n) is 1.95. The van der Waals surface area contributed by atoms with Gasteiger partial charge in [-0.1, -0.05) is 17.7 Å². The summed E-state index contributed by atoms with van der Waals surface area (Å²) in [4.78, 5) is 8.94. The van der Waals surface area contributed by atoms with Gasteiger partial charge >= 0.3 is 0 Å². The Labute approximate surface area is 129 Å². The molecule has 20 heavy (non-hydrogen) atoms. The molecular weight excluding hydrogens is 340 g/mol. The van der Waals surface area contributed by atoms with Gasteiger partial charge in [0.1, 0.15) is 10.9 Å². The van der Waals surface area contributed by atoms with Crippen molar-refractivity contribution in [3.63, 3.8) is 0 Å². The Morgan fingerprint density at radius 1 is 1.05 bits per heavy atom. The lowest BCUT2D eigenvalue weighted by Crippen LogP contribution is -1.93. The van der Waals surface area contributed by atoms with E-state index in [-0.39, 0.29) is 0 Å². The smallest absolute Gasteiger partial charge is 0.161 e. The van der Waals surface area contributed by atoms with Crippen LogP contribution in [-0.4, -0.2) is 17.1 Å². The molecule has 0 saturated carbocycles. The zero-order valence-electron chi connectivity index (χ0n) is 10.6. The third-order valence-corrected chi connectivity index (χ3v) is 3.91. The maximum atomic E-state index is 6.25. The van der Waals surface area contributed by atoms with Crippen molar-refractivity contribution in [3.8, 4) is 17.1 Å². The molecule has 0 bridgehead atoms. The number of nitrogens with zero attached hydrogens (tertiary/aromatic N) is 2. The van der Waals surface area contributed by atoms with Gasteiger partial charge in [0.25, 0.3) is 0 Å². The Hall–Kier alpha value is -1.65. The van der Waals surface area contributed by atoms with Crippen LogP contribution in [0.5, 0.6) is 5.75 Å². The summed E-state index contributed by atoms with van der Waals surface area (Å²) >= 11 is 9.74. The van der Waals surface area contributed by atoms with Crippen LogP contribution in [0.15, 0.2) is 46.9 Å². The lowest BCUT2D eigenvalue weighted by Gasteiger charge is -2.06. The van der Waals surface area contributed by atoms with Gasteiger partial charge in [-0.05, 0) is 52.3 Å². The van der Waals surface area contributed by atoms with Gasteiger partial charge in [-0.3, -0.25) is 0 Å². The Balaban J connectivity index is 2.18. The summed E-state index contributed by atoms with van der Waals surface area (Å²) in [5.74, 6) is 1.39. The minimum atomic E-state index is 0.446. The van der Waals surface area contributed by atoms with Crippen molar-refractivity contribution in [1.82, 2.24) is 9.97 Å². The first-order valence-corrected chi connectivity index (χ1v) is 7.12. The van der Waals surface area contributed by atoms with Gasteiger partial charge < -0.3 is 4.74 Å². The van der Waals surface area contributed by atoms with Gasteiger partial charge in [0.05, 0.1) is 12.6 Å². The molecule has 0 N–H and O–H groups in total. The largest absolute Gasteiger partial charge is 0.497 e. The number of fused-ring (bicyclic) bond motifs is 1. The summed E-state index contributed by atoms with van der Waals surface area (Å²) in [6.07, 6.45) is 0. The van der Waals surface area contributed by atoms with E-state index in [2.05, 4.69) is 25.9 Å². The number of hydrogen-bond acceptors (Lipinski definition) is 3. The Morgan fingerprint density at radius 3 is 2.50 bits per heavy atom. The fourth-order valence-corrected chi connectivity index (χ4v) is 2.64. The number of halogens is 2. The maximum absolute atomic E-state index is 6.25. The summed E-state index contributed by atoms with van der Waals surface area (Å²) in [6, 6.07) is 13.3. The molecule has 100 valence electrons. The van der Waals surface area contributed by atoms with E-state index in [1.807, 2.05) is 42.5 Å². The Morgan fingerprint density at radius 2 is 1.80 bits per heavy atom. The number of rotatable bonds is 2. The average molecular weight is 350 g/mol. The quantitative estimate of drug-likeness (QED) is 0.628. The van der Waals surface area contributed by atoms with Crippen LogP contribution >= 0.6 is 27.5 Å². The van der Waals surface area contributed by atoms with Crippen molar-refractivity contribution in [2.24, 2.45) is 0 Å². The summed E-state index contributed by atoms with van der Waals surface area (Å²) in [5, 5.41) is 1.28. The lowest BCUT2D eigenvalue weighted by molar-refractivity contribution is 0.415. The molecule has 0 radical (unpaired) electrons. The lowest BCUT2D eigenvalue weighted by atomic mass is 10.2. The molecule has 0 aliphatic heterocycles. The molecule has 0 amide bonds. The first-order valence-electron chi connectivity index (χ1n) is 5.95. The molecule has 3 rings (SSSR count). The highest BCUT2D eigenvalue weighted by Gasteiger charge is 2.10. The van der Waals surface area contributed by atoms with Crippen LogP contribution in [0.25, 0.3) is 22.3 Å². The number of methoxy groups -OCH3 is 1. The molecule has 1 heterocycles. The van der Waals surface area contributed by atoms with E-state index in [9.17, 15) is 0 Å². The van der Waals surface area contributed by atoms with Crippen LogP contribution < -0.4 is 4.74 Å². The number of aromatic nitrogens is 2. The van der Waals surface area contributed by atoms with Crippen molar-refractivity contribution in [2.45, 2.75) is 0 Å². The van der Waals surface area contributed by atoms with Crippen LogP contribution in [0.3, 0.4) is 0 Å². The molecule has 0 spiro atoms. The molecule has 1 aromatic heterocycles. The minimum absolute atomic E-state index is 0.446. The highest BCUT2D eigenvalue weighted by Crippen LogP contribution is 2.29. The van der Waals surface area contributed by atoms with Gasteiger partial charge in [0.15, 0.2) is 5.82 Å². The monoisotopic (exact) mass is 348 g/mol. The summed E-state index contributed by atoms with van der Waals surface area (Å²) in [6.45, 7) is 0. The molecule has 0 saturated heterocycles. The zero-order valence-corrected chi connectivity index (χ0v) is 12.9. The SMILES string of the molecule is COc1ccc(-c2nc(Cl)c3cccc(Br)c3n2)cc1. The molecule has 0 unspecified atom stereocenters. The van der Waals surface area contributed by atoms with Gasteiger partial charge in [0.2, 0.25) is 0 Å². The van der Waals surface area contributed by atoms with Gasteiger partial charge in [-0.25, -0.2) is 9.97 Å². The Kier molecular flexibility index (Phi) is 3.59. The molecule has 2 aromatic carbocycles. The molecule has 0 atom stereocenters. The number of ether oxygens (including phenoxy) is 1. The second-order valence-corrected chi connectivity index (χ2v) is 5.41. The summed E-state index contributed by atoms with van der Waals surface area (Å²) in [7, 11) is 1.63. The zero-order chi connectivity index (χ0) is 14.1. The van der Waals surface area contributed by atoms with Crippen molar-refractivity contribution in [3.05, 3.63) is 52.1 Å². The van der Waals surface area contributed by atoms with E-state index < -0.39 is 0 Å². The van der Waals surface area contributed by atoms with Crippen LogP contribution in [0, 0.1) is 0 Å². The van der Waals surface area contributed by atoms with Gasteiger partial charge in [-0.15, -0.1) is 0 Å². The highest BCUT2D eigenvalue weighted by molar-refractivity contribution is 9.10. The normalized spacial score (nSPS) is 10.8. The van der Waals surface area contributed by atoms with Gasteiger partial charge in [-0.2, -0.15) is 0 Å². The summed E-state index contributed by atoms with van der Waals surface area (Å²) in [5.41, 5.74) is 1.70. The second kappa shape index (κ2) is 5.38. The van der Waals surface area contributed by atoms with E-state index in [1.54, 1.807) is 7.11 Å². The Bertz CT molecular complexity index is 775. The predicted molar refractivity (Wildman–Crippen MR) is 84.2 cm³/mol. The molecule has 3 nitrogen and oxygen atoms in total. The highest BCUT2D eigenvalue weighted by atomic mass is 79.9. The van der Waals surface area contributed by atoms with E-state index in [0.717, 1.165) is 26.7 Å². The van der Waals surface area contributed by atoms with Crippen LogP contribution in [0.4, 0.5) is 0 Å². The first-order chi connectivity index (χ1) is 9.69. The van der Waals surface area contributed by atoms with Crippen LogP contribution in [0.1, 0.15) is 0 Å². The fraction of sp³-hybridized carbons (Fsp3) is 0.0667. The van der Waals surface area contributed by atoms with E-state index in [0.29, 0.717) is 11.0 Å². The second-order valence-electron chi connectivity index (χ2n) is 4.20. The number of para-hydroxylation sites is 1. The van der Waals surface area contributed by atoms with E-state index in [1.165, 1.54) is 0 Å². The molecule has 3 aromatic rings. The van der Waals surface area contributed by atoms with E-state index in [4.69, 9.17) is 16.3 Å². The topological polar surface area (TPSA) is 35.0 Å². The van der Waals surface area contributed by atoms with Crippen molar-refractivity contribution in [2.75, 3.05) is 7.11 Å². The predicted octanol–water partition coefficient (Wildman–Crippen LogP) is 4.72.